The van der Waals surface area contributed by atoms with E-state index >= 15 is 0 Å². The standard InChI is InChI=1S/C36H46N4O2S2/c1-7-17-39(35(41)19-25(3)4)23-33-37-21-31(43-33)29-13-9-27(10-14-29)28-11-15-30(16-12-28)32-22-38-34(44-32)24-40(18-8-2)36(42)20-26(5)6/h9-16,21-22,25-26H,7-8,17-20,23-24H2,1-6H3. The number of aromatic nitrogens is 2. The fourth-order valence-corrected chi connectivity index (χ4v) is 6.97. The molecule has 0 bridgehead atoms. The first-order valence-electron chi connectivity index (χ1n) is 15.8. The molecule has 0 fully saturated rings. The second kappa shape index (κ2) is 16.1. The molecule has 44 heavy (non-hydrogen) atoms. The van der Waals surface area contributed by atoms with Crippen molar-refractivity contribution in [2.24, 2.45) is 11.8 Å². The summed E-state index contributed by atoms with van der Waals surface area (Å²) in [5.41, 5.74) is 4.57. The number of amides is 2. The van der Waals surface area contributed by atoms with Crippen LogP contribution in [0.1, 0.15) is 77.2 Å². The van der Waals surface area contributed by atoms with Gasteiger partial charge in [0.25, 0.3) is 0 Å². The van der Waals surface area contributed by atoms with E-state index in [9.17, 15) is 9.59 Å². The number of nitrogens with zero attached hydrogens (tertiary/aromatic N) is 4. The van der Waals surface area contributed by atoms with E-state index < -0.39 is 0 Å². The highest BCUT2D eigenvalue weighted by atomic mass is 32.1. The highest BCUT2D eigenvalue weighted by Gasteiger charge is 2.18. The van der Waals surface area contributed by atoms with Crippen molar-refractivity contribution in [3.63, 3.8) is 0 Å². The van der Waals surface area contributed by atoms with Gasteiger partial charge in [-0.1, -0.05) is 90.1 Å². The van der Waals surface area contributed by atoms with Crippen LogP contribution < -0.4 is 0 Å². The van der Waals surface area contributed by atoms with Crippen LogP contribution in [0, 0.1) is 11.8 Å². The average Bonchev–Trinajstić information content (AvgIpc) is 3.66. The fraction of sp³-hybridized carbons (Fsp3) is 0.444. The molecule has 0 spiro atoms. The molecule has 4 aromatic rings. The Morgan fingerprint density at radius 2 is 0.955 bits per heavy atom. The minimum atomic E-state index is 0.206. The lowest BCUT2D eigenvalue weighted by atomic mass is 10.0. The number of thiazole rings is 2. The van der Waals surface area contributed by atoms with E-state index in [0.29, 0.717) is 37.8 Å². The minimum absolute atomic E-state index is 0.206. The summed E-state index contributed by atoms with van der Waals surface area (Å²) in [6, 6.07) is 17.2. The van der Waals surface area contributed by atoms with Crippen molar-refractivity contribution in [3.8, 4) is 32.0 Å². The van der Waals surface area contributed by atoms with Gasteiger partial charge in [0.2, 0.25) is 11.8 Å². The smallest absolute Gasteiger partial charge is 0.223 e. The summed E-state index contributed by atoms with van der Waals surface area (Å²) in [7, 11) is 0. The van der Waals surface area contributed by atoms with Crippen molar-refractivity contribution < 1.29 is 9.59 Å². The zero-order chi connectivity index (χ0) is 31.6. The number of hydrogen-bond acceptors (Lipinski definition) is 6. The third kappa shape index (κ3) is 9.32. The highest BCUT2D eigenvalue weighted by Crippen LogP contribution is 2.32. The lowest BCUT2D eigenvalue weighted by molar-refractivity contribution is -0.133. The SMILES string of the molecule is CCCN(Cc1ncc(-c2ccc(-c3ccc(-c4cnc(CN(CCC)C(=O)CC(C)C)s4)cc3)cc2)s1)C(=O)CC(C)C. The van der Waals surface area contributed by atoms with Crippen LogP contribution in [0.25, 0.3) is 32.0 Å². The van der Waals surface area contributed by atoms with Crippen LogP contribution in [0.4, 0.5) is 0 Å². The van der Waals surface area contributed by atoms with Gasteiger partial charge in [0.05, 0.1) is 22.8 Å². The summed E-state index contributed by atoms with van der Waals surface area (Å²) >= 11 is 3.32. The van der Waals surface area contributed by atoms with Crippen molar-refractivity contribution in [2.75, 3.05) is 13.1 Å². The van der Waals surface area contributed by atoms with Gasteiger partial charge in [-0.3, -0.25) is 9.59 Å². The third-order valence-electron chi connectivity index (χ3n) is 7.29. The molecular weight excluding hydrogens is 585 g/mol. The molecule has 0 saturated carbocycles. The Labute approximate surface area is 271 Å². The van der Waals surface area contributed by atoms with Crippen molar-refractivity contribution in [1.29, 1.82) is 0 Å². The molecule has 0 radical (unpaired) electrons. The molecule has 0 unspecified atom stereocenters. The first kappa shape index (κ1) is 33.5. The van der Waals surface area contributed by atoms with Crippen molar-refractivity contribution in [2.45, 2.75) is 80.3 Å². The zero-order valence-electron chi connectivity index (χ0n) is 27.0. The molecule has 4 rings (SSSR count). The van der Waals surface area contributed by atoms with Crippen LogP contribution in [-0.4, -0.2) is 44.7 Å². The topological polar surface area (TPSA) is 66.4 Å². The van der Waals surface area contributed by atoms with Crippen LogP contribution >= 0.6 is 22.7 Å². The Morgan fingerprint density at radius 3 is 1.27 bits per heavy atom. The summed E-state index contributed by atoms with van der Waals surface area (Å²) in [5.74, 6) is 1.11. The predicted octanol–water partition coefficient (Wildman–Crippen LogP) is 9.17. The Bertz CT molecular complexity index is 1380. The van der Waals surface area contributed by atoms with Crippen LogP contribution in [-0.2, 0) is 22.7 Å². The maximum absolute atomic E-state index is 12.7. The molecule has 0 saturated heterocycles. The van der Waals surface area contributed by atoms with Crippen LogP contribution in [0.5, 0.6) is 0 Å². The summed E-state index contributed by atoms with van der Waals surface area (Å²) in [6.07, 6.45) is 6.87. The molecule has 0 aliphatic rings. The fourth-order valence-electron chi connectivity index (χ4n) is 5.09. The Morgan fingerprint density at radius 1 is 0.614 bits per heavy atom. The third-order valence-corrected chi connectivity index (χ3v) is 9.35. The maximum Gasteiger partial charge on any atom is 0.223 e. The number of hydrogen-bond donors (Lipinski definition) is 0. The predicted molar refractivity (Wildman–Crippen MR) is 184 cm³/mol. The summed E-state index contributed by atoms with van der Waals surface area (Å²) in [6.45, 7) is 15.2. The molecule has 8 heteroatoms. The van der Waals surface area contributed by atoms with Gasteiger partial charge in [0.1, 0.15) is 10.0 Å². The molecule has 0 N–H and O–H groups in total. The van der Waals surface area contributed by atoms with Gasteiger partial charge in [-0.25, -0.2) is 9.97 Å². The highest BCUT2D eigenvalue weighted by molar-refractivity contribution is 7.15. The molecule has 2 amide bonds. The molecule has 0 aliphatic heterocycles. The van der Waals surface area contributed by atoms with Crippen molar-refractivity contribution in [3.05, 3.63) is 70.9 Å². The quantitative estimate of drug-likeness (QED) is 0.131. The second-order valence-electron chi connectivity index (χ2n) is 12.2. The minimum Gasteiger partial charge on any atom is -0.336 e. The van der Waals surface area contributed by atoms with Gasteiger partial charge in [0, 0.05) is 38.3 Å². The molecule has 2 aromatic heterocycles. The molecule has 2 aromatic carbocycles. The Hall–Kier alpha value is -3.36. The number of carbonyl (C=O) groups is 2. The number of benzene rings is 2. The van der Waals surface area contributed by atoms with Crippen LogP contribution in [0.15, 0.2) is 60.9 Å². The van der Waals surface area contributed by atoms with E-state index in [-0.39, 0.29) is 11.8 Å². The number of carbonyl (C=O) groups excluding carboxylic acids is 2. The van der Waals surface area contributed by atoms with Gasteiger partial charge >= 0.3 is 0 Å². The van der Waals surface area contributed by atoms with E-state index in [0.717, 1.165) is 68.0 Å². The van der Waals surface area contributed by atoms with Gasteiger partial charge in [-0.05, 0) is 46.9 Å². The van der Waals surface area contributed by atoms with Crippen molar-refractivity contribution >= 4 is 34.5 Å². The lowest BCUT2D eigenvalue weighted by Crippen LogP contribution is -2.31. The van der Waals surface area contributed by atoms with Gasteiger partial charge in [-0.15, -0.1) is 22.7 Å². The lowest BCUT2D eigenvalue weighted by Gasteiger charge is -2.22. The zero-order valence-corrected chi connectivity index (χ0v) is 28.6. The van der Waals surface area contributed by atoms with Gasteiger partial charge < -0.3 is 9.80 Å². The number of rotatable bonds is 15. The van der Waals surface area contributed by atoms with E-state index in [2.05, 4.69) is 100 Å². The normalized spacial score (nSPS) is 11.4. The van der Waals surface area contributed by atoms with Gasteiger partial charge in [-0.2, -0.15) is 0 Å². The largest absolute Gasteiger partial charge is 0.336 e. The molecule has 0 atom stereocenters. The Balaban J connectivity index is 1.39. The molecule has 234 valence electrons. The first-order valence-corrected chi connectivity index (χ1v) is 17.5. The van der Waals surface area contributed by atoms with Crippen molar-refractivity contribution in [1.82, 2.24) is 19.8 Å². The molecule has 0 aliphatic carbocycles. The van der Waals surface area contributed by atoms with Crippen LogP contribution in [0.3, 0.4) is 0 Å². The van der Waals surface area contributed by atoms with Crippen LogP contribution in [0.2, 0.25) is 0 Å². The second-order valence-corrected chi connectivity index (χ2v) is 14.4. The van der Waals surface area contributed by atoms with E-state index in [1.54, 1.807) is 22.7 Å². The molecule has 2 heterocycles. The van der Waals surface area contributed by atoms with E-state index in [1.807, 2.05) is 22.2 Å². The van der Waals surface area contributed by atoms with E-state index in [1.165, 1.54) is 0 Å². The molecular formula is C36H46N4O2S2. The summed E-state index contributed by atoms with van der Waals surface area (Å²) in [4.78, 5) is 40.8. The maximum atomic E-state index is 12.7. The van der Waals surface area contributed by atoms with Gasteiger partial charge in [0.15, 0.2) is 0 Å². The molecule has 6 nitrogen and oxygen atoms in total. The Kier molecular flexibility index (Phi) is 12.3. The van der Waals surface area contributed by atoms with E-state index in [4.69, 9.17) is 0 Å². The summed E-state index contributed by atoms with van der Waals surface area (Å²) in [5, 5.41) is 1.94. The summed E-state index contributed by atoms with van der Waals surface area (Å²) < 4.78 is 0. The average molecular weight is 631 g/mol. The first-order chi connectivity index (χ1) is 21.2. The monoisotopic (exact) mass is 630 g/mol.